The van der Waals surface area contributed by atoms with Gasteiger partial charge in [0.2, 0.25) is 0 Å². The van der Waals surface area contributed by atoms with Gasteiger partial charge in [0.05, 0.1) is 16.8 Å². The maximum absolute atomic E-state index is 13.1. The van der Waals surface area contributed by atoms with E-state index in [9.17, 15) is 24.2 Å². The predicted octanol–water partition coefficient (Wildman–Crippen LogP) is 2.86. The minimum absolute atomic E-state index is 0.00361. The van der Waals surface area contributed by atoms with Crippen LogP contribution in [0.2, 0.25) is 0 Å². The zero-order chi connectivity index (χ0) is 18.8. The molecule has 136 valence electrons. The molecule has 0 bridgehead atoms. The molecule has 7 heteroatoms. The number of carboxylic acids is 2. The van der Waals surface area contributed by atoms with Gasteiger partial charge >= 0.3 is 11.9 Å². The maximum atomic E-state index is 13.1. The van der Waals surface area contributed by atoms with Crippen molar-refractivity contribution in [3.8, 4) is 0 Å². The van der Waals surface area contributed by atoms with Gasteiger partial charge in [0.25, 0.3) is 0 Å². The third-order valence-electron chi connectivity index (χ3n) is 4.62. The number of benzene rings is 2. The molecule has 26 heavy (non-hydrogen) atoms. The fourth-order valence-electron chi connectivity index (χ4n) is 3.21. The first kappa shape index (κ1) is 17.7. The van der Waals surface area contributed by atoms with Gasteiger partial charge in [-0.25, -0.2) is 14.0 Å². The molecule has 2 aromatic carbocycles. The van der Waals surface area contributed by atoms with E-state index in [0.29, 0.717) is 37.4 Å². The number of carboxylic acid groups (broad SMARTS) is 2. The van der Waals surface area contributed by atoms with Crippen LogP contribution in [0.3, 0.4) is 0 Å². The molecule has 1 saturated heterocycles. The van der Waals surface area contributed by atoms with Crippen LogP contribution >= 0.6 is 0 Å². The predicted molar refractivity (Wildman–Crippen MR) is 95.9 cm³/mol. The van der Waals surface area contributed by atoms with Crippen molar-refractivity contribution in [3.05, 3.63) is 58.9 Å². The van der Waals surface area contributed by atoms with Gasteiger partial charge in [-0.2, -0.15) is 0 Å². The molecule has 2 aromatic rings. The van der Waals surface area contributed by atoms with E-state index in [1.54, 1.807) is 25.1 Å². The van der Waals surface area contributed by atoms with E-state index in [1.165, 1.54) is 18.2 Å². The summed E-state index contributed by atoms with van der Waals surface area (Å²) in [5, 5.41) is 18.7. The number of anilines is 2. The largest absolute Gasteiger partial charge is 0.478 e. The van der Waals surface area contributed by atoms with Crippen LogP contribution in [0.4, 0.5) is 15.8 Å². The van der Waals surface area contributed by atoms with Crippen LogP contribution in [0.5, 0.6) is 0 Å². The van der Waals surface area contributed by atoms with Crippen LogP contribution in [0, 0.1) is 12.7 Å². The highest BCUT2D eigenvalue weighted by atomic mass is 19.1. The minimum atomic E-state index is -1.15. The average Bonchev–Trinajstić information content (AvgIpc) is 2.61. The highest BCUT2D eigenvalue weighted by Gasteiger charge is 2.24. The quantitative estimate of drug-likeness (QED) is 0.875. The Hall–Kier alpha value is -3.09. The van der Waals surface area contributed by atoms with Gasteiger partial charge in [-0.05, 0) is 48.9 Å². The lowest BCUT2D eigenvalue weighted by Gasteiger charge is -2.38. The summed E-state index contributed by atoms with van der Waals surface area (Å²) in [5.41, 5.74) is 1.96. The molecule has 0 aliphatic carbocycles. The number of hydrogen-bond acceptors (Lipinski definition) is 4. The Morgan fingerprint density at radius 2 is 1.42 bits per heavy atom. The molecule has 2 N–H and O–H groups in total. The van der Waals surface area contributed by atoms with Crippen LogP contribution < -0.4 is 9.80 Å². The maximum Gasteiger partial charge on any atom is 0.337 e. The van der Waals surface area contributed by atoms with E-state index in [4.69, 9.17) is 0 Å². The normalized spacial score (nSPS) is 14.4. The molecule has 0 spiro atoms. The first-order valence-corrected chi connectivity index (χ1v) is 8.23. The summed E-state index contributed by atoms with van der Waals surface area (Å²) in [5.74, 6) is -2.58. The van der Waals surface area contributed by atoms with Crippen molar-refractivity contribution >= 4 is 23.3 Å². The standard InChI is InChI=1S/C19H19FN2O4/c1-12-10-17(16(19(25)26)11-15(12)18(23)24)22-8-6-21(7-9-22)14-4-2-13(20)3-5-14/h2-5,10-11H,6-9H2,1H3,(H,23,24)(H,25,26). The molecule has 3 rings (SSSR count). The second-order valence-electron chi connectivity index (χ2n) is 6.25. The topological polar surface area (TPSA) is 81.1 Å². The van der Waals surface area contributed by atoms with Crippen molar-refractivity contribution in [3.63, 3.8) is 0 Å². The van der Waals surface area contributed by atoms with E-state index in [2.05, 4.69) is 4.90 Å². The summed E-state index contributed by atoms with van der Waals surface area (Å²) in [4.78, 5) is 26.9. The summed E-state index contributed by atoms with van der Waals surface area (Å²) >= 11 is 0. The number of hydrogen-bond donors (Lipinski definition) is 2. The lowest BCUT2D eigenvalue weighted by atomic mass is 10.0. The Balaban J connectivity index is 1.82. The molecular weight excluding hydrogens is 339 g/mol. The SMILES string of the molecule is Cc1cc(N2CCN(c3ccc(F)cc3)CC2)c(C(=O)O)cc1C(=O)O. The molecule has 0 radical (unpaired) electrons. The lowest BCUT2D eigenvalue weighted by Crippen LogP contribution is -2.47. The van der Waals surface area contributed by atoms with E-state index < -0.39 is 11.9 Å². The number of aryl methyl sites for hydroxylation is 1. The van der Waals surface area contributed by atoms with Crippen LogP contribution in [0.1, 0.15) is 26.3 Å². The molecule has 0 unspecified atom stereocenters. The Morgan fingerprint density at radius 3 is 1.96 bits per heavy atom. The minimum Gasteiger partial charge on any atom is -0.478 e. The second kappa shape index (κ2) is 7.03. The van der Waals surface area contributed by atoms with Crippen molar-refractivity contribution in [2.75, 3.05) is 36.0 Å². The molecule has 0 saturated carbocycles. The average molecular weight is 358 g/mol. The number of aromatic carboxylic acids is 2. The van der Waals surface area contributed by atoms with Crippen molar-refractivity contribution in [1.29, 1.82) is 0 Å². The van der Waals surface area contributed by atoms with Crippen LogP contribution in [0.25, 0.3) is 0 Å². The molecule has 1 aliphatic rings. The van der Waals surface area contributed by atoms with Crippen LogP contribution in [0.15, 0.2) is 36.4 Å². The summed E-state index contributed by atoms with van der Waals surface area (Å²) in [6.45, 7) is 4.15. The zero-order valence-corrected chi connectivity index (χ0v) is 14.3. The molecule has 1 fully saturated rings. The summed E-state index contributed by atoms with van der Waals surface area (Å²) in [7, 11) is 0. The Bertz CT molecular complexity index is 843. The molecule has 0 amide bonds. The van der Waals surface area contributed by atoms with Crippen LogP contribution in [-0.2, 0) is 0 Å². The molecule has 6 nitrogen and oxygen atoms in total. The first-order chi connectivity index (χ1) is 12.4. The number of carbonyl (C=O) groups is 2. The monoisotopic (exact) mass is 358 g/mol. The summed E-state index contributed by atoms with van der Waals surface area (Å²) in [6, 6.07) is 9.12. The Morgan fingerprint density at radius 1 is 0.885 bits per heavy atom. The summed E-state index contributed by atoms with van der Waals surface area (Å²) < 4.78 is 13.1. The van der Waals surface area contributed by atoms with Gasteiger partial charge in [-0.3, -0.25) is 0 Å². The summed E-state index contributed by atoms with van der Waals surface area (Å²) in [6.07, 6.45) is 0. The fraction of sp³-hybridized carbons (Fsp3) is 0.263. The molecule has 0 atom stereocenters. The third-order valence-corrected chi connectivity index (χ3v) is 4.62. The Labute approximate surface area is 150 Å². The van der Waals surface area contributed by atoms with E-state index in [-0.39, 0.29) is 16.9 Å². The Kier molecular flexibility index (Phi) is 4.79. The van der Waals surface area contributed by atoms with E-state index in [1.807, 2.05) is 4.90 Å². The zero-order valence-electron chi connectivity index (χ0n) is 14.3. The van der Waals surface area contributed by atoms with Crippen molar-refractivity contribution in [2.24, 2.45) is 0 Å². The number of rotatable bonds is 4. The third kappa shape index (κ3) is 3.46. The van der Waals surface area contributed by atoms with Crippen molar-refractivity contribution < 1.29 is 24.2 Å². The second-order valence-corrected chi connectivity index (χ2v) is 6.25. The van der Waals surface area contributed by atoms with Crippen molar-refractivity contribution in [2.45, 2.75) is 6.92 Å². The number of nitrogens with zero attached hydrogens (tertiary/aromatic N) is 2. The number of halogens is 1. The lowest BCUT2D eigenvalue weighted by molar-refractivity contribution is 0.0695. The van der Waals surface area contributed by atoms with Crippen molar-refractivity contribution in [1.82, 2.24) is 0 Å². The van der Waals surface area contributed by atoms with Gasteiger partial charge in [-0.15, -0.1) is 0 Å². The van der Waals surface area contributed by atoms with Gasteiger partial charge < -0.3 is 20.0 Å². The molecule has 0 aromatic heterocycles. The fourth-order valence-corrected chi connectivity index (χ4v) is 3.21. The van der Waals surface area contributed by atoms with E-state index in [0.717, 1.165) is 5.69 Å². The highest BCUT2D eigenvalue weighted by Crippen LogP contribution is 2.27. The molecule has 1 aliphatic heterocycles. The number of piperazine rings is 1. The highest BCUT2D eigenvalue weighted by molar-refractivity contribution is 5.99. The van der Waals surface area contributed by atoms with Gasteiger partial charge in [0.1, 0.15) is 5.82 Å². The van der Waals surface area contributed by atoms with Crippen LogP contribution in [-0.4, -0.2) is 48.3 Å². The molecular formula is C19H19FN2O4. The van der Waals surface area contributed by atoms with Gasteiger partial charge in [0.15, 0.2) is 0 Å². The smallest absolute Gasteiger partial charge is 0.337 e. The van der Waals surface area contributed by atoms with Gasteiger partial charge in [-0.1, -0.05) is 0 Å². The first-order valence-electron chi connectivity index (χ1n) is 8.23. The molecule has 1 heterocycles. The van der Waals surface area contributed by atoms with E-state index >= 15 is 0 Å². The van der Waals surface area contributed by atoms with Gasteiger partial charge in [0, 0.05) is 31.9 Å².